The van der Waals surface area contributed by atoms with Gasteiger partial charge in [-0.05, 0) is 63.2 Å². The van der Waals surface area contributed by atoms with Gasteiger partial charge < -0.3 is 4.90 Å². The van der Waals surface area contributed by atoms with Gasteiger partial charge in [0, 0.05) is 42.5 Å². The maximum atomic E-state index is 13.0. The van der Waals surface area contributed by atoms with E-state index in [1.165, 1.54) is 12.1 Å². The molecule has 194 valence electrons. The normalized spacial score (nSPS) is 15.5. The number of carbonyl (C=O) groups excluding carboxylic acids is 1. The van der Waals surface area contributed by atoms with Gasteiger partial charge in [0.25, 0.3) is 0 Å². The van der Waals surface area contributed by atoms with Gasteiger partial charge in [0.1, 0.15) is 11.5 Å². The molecule has 5 rings (SSSR count). The number of hydrogen-bond donors (Lipinski definition) is 1. The van der Waals surface area contributed by atoms with Crippen molar-refractivity contribution in [3.63, 3.8) is 0 Å². The van der Waals surface area contributed by atoms with E-state index in [1.54, 1.807) is 29.0 Å². The van der Waals surface area contributed by atoms with E-state index in [2.05, 4.69) is 71.4 Å². The highest BCUT2D eigenvalue weighted by Crippen LogP contribution is 2.26. The Morgan fingerprint density at radius 1 is 1.19 bits per heavy atom. The van der Waals surface area contributed by atoms with Gasteiger partial charge in [0.15, 0.2) is 11.9 Å². The summed E-state index contributed by atoms with van der Waals surface area (Å²) < 4.78 is 14.6. The number of aromatic nitrogens is 5. The molecule has 8 nitrogen and oxygen atoms in total. The third-order valence-corrected chi connectivity index (χ3v) is 6.87. The summed E-state index contributed by atoms with van der Waals surface area (Å²) >= 11 is 0. The largest absolute Gasteiger partial charge is 0.367 e. The number of rotatable bonds is 5. The molecule has 1 aliphatic heterocycles. The van der Waals surface area contributed by atoms with E-state index in [-0.39, 0.29) is 17.3 Å². The van der Waals surface area contributed by atoms with E-state index in [4.69, 9.17) is 0 Å². The molecule has 9 heteroatoms. The van der Waals surface area contributed by atoms with E-state index in [1.807, 2.05) is 12.1 Å². The Balaban J connectivity index is 0.000000180. The predicted molar refractivity (Wildman–Crippen MR) is 144 cm³/mol. The number of aldehydes is 1. The van der Waals surface area contributed by atoms with Gasteiger partial charge in [-0.1, -0.05) is 20.4 Å². The summed E-state index contributed by atoms with van der Waals surface area (Å²) in [7, 11) is 2.18. The number of carbonyl (C=O) groups is 1. The van der Waals surface area contributed by atoms with Crippen molar-refractivity contribution in [2.75, 3.05) is 26.7 Å². The van der Waals surface area contributed by atoms with Crippen molar-refractivity contribution in [3.05, 3.63) is 78.1 Å². The smallest absolute Gasteiger partial charge is 0.170 e. The van der Waals surface area contributed by atoms with Crippen LogP contribution < -0.4 is 0 Å². The first-order valence-corrected chi connectivity index (χ1v) is 12.4. The first kappa shape index (κ1) is 26.2. The Morgan fingerprint density at radius 3 is 2.51 bits per heavy atom. The standard InChI is InChI=1S/C16H14FN3O.C12H20N4/c1-10(2)14-7-15(11-3-5-12(17)6-4-11)19-20-8-13(9-21)18-16(14)20;1-10(11-5-6-13-14-11)16-8-7-15(4)12(2,3)9-16/h3-10H,1-2H3;5-6H,1,7-9H2,2-4H3,(H,13,14). The van der Waals surface area contributed by atoms with Crippen molar-refractivity contribution in [2.45, 2.75) is 39.2 Å². The second-order valence-corrected chi connectivity index (χ2v) is 10.3. The number of hydrogen-bond acceptors (Lipinski definition) is 6. The molecule has 1 saturated heterocycles. The van der Waals surface area contributed by atoms with Crippen LogP contribution in [0, 0.1) is 5.82 Å². The summed E-state index contributed by atoms with van der Waals surface area (Å²) in [6, 6.07) is 10.1. The number of halogens is 1. The molecule has 37 heavy (non-hydrogen) atoms. The van der Waals surface area contributed by atoms with Crippen LogP contribution in [0.15, 0.2) is 55.4 Å². The van der Waals surface area contributed by atoms with Crippen LogP contribution >= 0.6 is 0 Å². The quantitative estimate of drug-likeness (QED) is 0.391. The second-order valence-electron chi connectivity index (χ2n) is 10.3. The van der Waals surface area contributed by atoms with Crippen LogP contribution in [0.25, 0.3) is 22.6 Å². The molecule has 1 fully saturated rings. The van der Waals surface area contributed by atoms with Crippen molar-refractivity contribution in [1.29, 1.82) is 0 Å². The summed E-state index contributed by atoms with van der Waals surface area (Å²) in [5.74, 6) is -0.0496. The Labute approximate surface area is 216 Å². The lowest BCUT2D eigenvalue weighted by molar-refractivity contribution is 0.0697. The first-order valence-electron chi connectivity index (χ1n) is 12.4. The molecule has 0 bridgehead atoms. The molecule has 1 aromatic carbocycles. The van der Waals surface area contributed by atoms with Crippen molar-refractivity contribution in [3.8, 4) is 11.3 Å². The van der Waals surface area contributed by atoms with Crippen LogP contribution in [0.5, 0.6) is 0 Å². The number of fused-ring (bicyclic) bond motifs is 1. The van der Waals surface area contributed by atoms with Crippen LogP contribution in [0.2, 0.25) is 0 Å². The number of nitrogens with one attached hydrogen (secondary N) is 1. The number of piperazine rings is 1. The summed E-state index contributed by atoms with van der Waals surface area (Å²) in [5.41, 5.74) is 5.82. The van der Waals surface area contributed by atoms with Gasteiger partial charge in [-0.15, -0.1) is 0 Å². The zero-order valence-corrected chi connectivity index (χ0v) is 22.1. The van der Waals surface area contributed by atoms with E-state index < -0.39 is 0 Å². The van der Waals surface area contributed by atoms with Crippen molar-refractivity contribution < 1.29 is 9.18 Å². The number of H-pyrrole nitrogens is 1. The average Bonchev–Trinajstić information content (AvgIpc) is 3.55. The third-order valence-electron chi connectivity index (χ3n) is 6.87. The van der Waals surface area contributed by atoms with Crippen molar-refractivity contribution >= 4 is 17.6 Å². The van der Waals surface area contributed by atoms with Gasteiger partial charge in [0.2, 0.25) is 0 Å². The van der Waals surface area contributed by atoms with Crippen LogP contribution in [0.3, 0.4) is 0 Å². The molecule has 4 aromatic rings. The zero-order chi connectivity index (χ0) is 26.7. The number of benzene rings is 1. The maximum Gasteiger partial charge on any atom is 0.170 e. The number of aromatic amines is 1. The minimum atomic E-state index is -0.283. The summed E-state index contributed by atoms with van der Waals surface area (Å²) in [6.07, 6.45) is 4.07. The fourth-order valence-corrected chi connectivity index (χ4v) is 4.32. The maximum absolute atomic E-state index is 13.0. The van der Waals surface area contributed by atoms with E-state index in [0.29, 0.717) is 17.6 Å². The fourth-order valence-electron chi connectivity index (χ4n) is 4.32. The highest BCUT2D eigenvalue weighted by Gasteiger charge is 2.31. The predicted octanol–water partition coefficient (Wildman–Crippen LogP) is 4.88. The van der Waals surface area contributed by atoms with Crippen LogP contribution in [-0.2, 0) is 0 Å². The highest BCUT2D eigenvalue weighted by molar-refractivity contribution is 5.74. The Kier molecular flexibility index (Phi) is 7.54. The van der Waals surface area contributed by atoms with E-state index in [9.17, 15) is 9.18 Å². The lowest BCUT2D eigenvalue weighted by Gasteiger charge is -2.46. The second kappa shape index (κ2) is 10.6. The van der Waals surface area contributed by atoms with Crippen molar-refractivity contribution in [1.82, 2.24) is 34.6 Å². The molecule has 1 N–H and O–H groups in total. The van der Waals surface area contributed by atoms with Gasteiger partial charge in [-0.25, -0.2) is 13.9 Å². The topological polar surface area (TPSA) is 82.4 Å². The lowest BCUT2D eigenvalue weighted by atomic mass is 9.99. The van der Waals surface area contributed by atoms with Crippen LogP contribution in [0.4, 0.5) is 4.39 Å². The van der Waals surface area contributed by atoms with Crippen LogP contribution in [-0.4, -0.2) is 73.1 Å². The molecule has 0 atom stereocenters. The number of nitrogens with zero attached hydrogens (tertiary/aromatic N) is 6. The minimum Gasteiger partial charge on any atom is -0.367 e. The lowest BCUT2D eigenvalue weighted by Crippen LogP contribution is -2.56. The van der Waals surface area contributed by atoms with Gasteiger partial charge in [0.05, 0.1) is 23.3 Å². The van der Waals surface area contributed by atoms with E-state index in [0.717, 1.165) is 47.8 Å². The molecular formula is C28H34FN7O. The third kappa shape index (κ3) is 5.77. The molecular weight excluding hydrogens is 469 g/mol. The summed E-state index contributed by atoms with van der Waals surface area (Å²) in [5, 5.41) is 11.4. The van der Waals surface area contributed by atoms with Gasteiger partial charge in [-0.3, -0.25) is 14.8 Å². The molecule has 1 aliphatic rings. The molecule has 0 radical (unpaired) electrons. The Bertz CT molecular complexity index is 1370. The van der Waals surface area contributed by atoms with Gasteiger partial charge >= 0.3 is 0 Å². The molecule has 0 amide bonds. The monoisotopic (exact) mass is 503 g/mol. The summed E-state index contributed by atoms with van der Waals surface area (Å²) in [6.45, 7) is 15.9. The zero-order valence-electron chi connectivity index (χ0n) is 22.1. The van der Waals surface area contributed by atoms with E-state index >= 15 is 0 Å². The number of likely N-dealkylation sites (N-methyl/N-ethyl adjacent to an activating group) is 1. The summed E-state index contributed by atoms with van der Waals surface area (Å²) in [4.78, 5) is 19.9. The average molecular weight is 504 g/mol. The van der Waals surface area contributed by atoms with Crippen LogP contribution in [0.1, 0.15) is 55.4 Å². The molecule has 3 aromatic heterocycles. The minimum absolute atomic E-state index is 0.196. The molecule has 0 spiro atoms. The van der Waals surface area contributed by atoms with Gasteiger partial charge in [-0.2, -0.15) is 10.2 Å². The first-order chi connectivity index (χ1) is 17.6. The molecule has 0 unspecified atom stereocenters. The highest BCUT2D eigenvalue weighted by atomic mass is 19.1. The fraction of sp³-hybridized carbons (Fsp3) is 0.357. The molecule has 0 aliphatic carbocycles. The molecule has 4 heterocycles. The van der Waals surface area contributed by atoms with Crippen molar-refractivity contribution in [2.24, 2.45) is 0 Å². The SMILES string of the molecule is C=C(c1ccn[nH]1)N1CCN(C)C(C)(C)C1.CC(C)c1cc(-c2ccc(F)cc2)nn2cc(C=O)nc12. The molecule has 0 saturated carbocycles. The number of imidazole rings is 1. The Hall–Kier alpha value is -3.85. The Morgan fingerprint density at radius 2 is 1.92 bits per heavy atom.